The topological polar surface area (TPSA) is 0 Å². The van der Waals surface area contributed by atoms with Crippen LogP contribution in [0.3, 0.4) is 0 Å². The fourth-order valence-electron chi connectivity index (χ4n) is 5.07. The predicted octanol–water partition coefficient (Wildman–Crippen LogP) is 9.10. The molecule has 0 heteroatoms. The van der Waals surface area contributed by atoms with Gasteiger partial charge in [-0.25, -0.2) is 0 Å². The number of benzene rings is 7. The van der Waals surface area contributed by atoms with Crippen molar-refractivity contribution in [3.05, 3.63) is 156 Å². The highest BCUT2D eigenvalue weighted by molar-refractivity contribution is 6.01. The zero-order valence-electron chi connectivity index (χ0n) is 20.7. The lowest BCUT2D eigenvalue weighted by Gasteiger charge is -2.04. The van der Waals surface area contributed by atoms with Gasteiger partial charge in [-0.2, -0.15) is 0 Å². The monoisotopic (exact) mass is 478 g/mol. The molecule has 0 amide bonds. The molecule has 0 aliphatic heterocycles. The van der Waals surface area contributed by atoms with E-state index in [0.717, 1.165) is 22.3 Å². The minimum atomic E-state index is 0.977. The first-order valence-electron chi connectivity index (χ1n) is 12.8. The van der Waals surface area contributed by atoms with Crippen LogP contribution in [0.4, 0.5) is 0 Å². The Morgan fingerprint density at radius 1 is 0.289 bits per heavy atom. The average molecular weight is 479 g/mol. The van der Waals surface area contributed by atoms with E-state index in [0.29, 0.717) is 0 Å². The summed E-state index contributed by atoms with van der Waals surface area (Å²) in [6.45, 7) is 0. The molecule has 0 atom stereocenters. The third-order valence-corrected chi connectivity index (χ3v) is 7.06. The molecule has 38 heavy (non-hydrogen) atoms. The Morgan fingerprint density at radius 2 is 0.658 bits per heavy atom. The standard InChI is InChI=1S/C38H22/c1-3-9-33-25-37-29(11-5-13-35(37)23-31(33)7-1)21-19-27-15-17-28(18-16-27)20-22-30-12-6-14-36-24-32-8-2-4-10-34(32)26-38(30)36/h1-18,23-26H. The zero-order chi connectivity index (χ0) is 25.3. The van der Waals surface area contributed by atoms with Gasteiger partial charge in [-0.05, 0) is 104 Å². The fraction of sp³-hybridized carbons (Fsp3) is 0. The molecule has 0 aromatic heterocycles. The molecule has 0 saturated carbocycles. The summed E-state index contributed by atoms with van der Waals surface area (Å²) < 4.78 is 0. The molecular formula is C38H22. The summed E-state index contributed by atoms with van der Waals surface area (Å²) in [6, 6.07) is 46.7. The van der Waals surface area contributed by atoms with Crippen LogP contribution in [-0.2, 0) is 0 Å². The predicted molar refractivity (Wildman–Crippen MR) is 161 cm³/mol. The Labute approximate surface area is 222 Å². The van der Waals surface area contributed by atoms with Crippen LogP contribution in [0.1, 0.15) is 22.3 Å². The maximum atomic E-state index is 3.39. The van der Waals surface area contributed by atoms with Gasteiger partial charge in [-0.1, -0.05) is 96.5 Å². The molecule has 7 rings (SSSR count). The summed E-state index contributed by atoms with van der Waals surface area (Å²) in [5.74, 6) is 13.5. The molecule has 7 aromatic carbocycles. The maximum absolute atomic E-state index is 3.39. The summed E-state index contributed by atoms with van der Waals surface area (Å²) in [7, 11) is 0. The zero-order valence-corrected chi connectivity index (χ0v) is 20.7. The SMILES string of the molecule is C(#Cc1cccc2cc3ccccc3cc12)c1ccc(C#Cc2cccc3cc4ccccc4cc23)cc1. The summed E-state index contributed by atoms with van der Waals surface area (Å²) in [5, 5.41) is 9.75. The molecule has 7 aromatic rings. The van der Waals surface area contributed by atoms with Gasteiger partial charge in [0.15, 0.2) is 0 Å². The summed E-state index contributed by atoms with van der Waals surface area (Å²) in [4.78, 5) is 0. The van der Waals surface area contributed by atoms with Gasteiger partial charge in [0.1, 0.15) is 0 Å². The van der Waals surface area contributed by atoms with E-state index in [4.69, 9.17) is 0 Å². The van der Waals surface area contributed by atoms with Crippen molar-refractivity contribution in [2.75, 3.05) is 0 Å². The van der Waals surface area contributed by atoms with E-state index in [2.05, 4.69) is 133 Å². The minimum absolute atomic E-state index is 0.977. The van der Waals surface area contributed by atoms with Crippen LogP contribution in [0.15, 0.2) is 133 Å². The van der Waals surface area contributed by atoms with Gasteiger partial charge in [0.25, 0.3) is 0 Å². The van der Waals surface area contributed by atoms with Crippen molar-refractivity contribution in [3.8, 4) is 23.7 Å². The lowest BCUT2D eigenvalue weighted by Crippen LogP contribution is -1.83. The van der Waals surface area contributed by atoms with Crippen LogP contribution >= 0.6 is 0 Å². The smallest absolute Gasteiger partial charge is 0.0327 e. The van der Waals surface area contributed by atoms with Gasteiger partial charge in [-0.3, -0.25) is 0 Å². The van der Waals surface area contributed by atoms with E-state index in [1.807, 2.05) is 24.3 Å². The van der Waals surface area contributed by atoms with Gasteiger partial charge in [-0.15, -0.1) is 0 Å². The van der Waals surface area contributed by atoms with Crippen molar-refractivity contribution in [2.24, 2.45) is 0 Å². The molecule has 0 N–H and O–H groups in total. The van der Waals surface area contributed by atoms with Crippen LogP contribution in [0.25, 0.3) is 43.1 Å². The molecule has 0 heterocycles. The lowest BCUT2D eigenvalue weighted by molar-refractivity contribution is 1.60. The van der Waals surface area contributed by atoms with Crippen LogP contribution in [0, 0.1) is 23.7 Å². The van der Waals surface area contributed by atoms with Gasteiger partial charge >= 0.3 is 0 Å². The normalized spacial score (nSPS) is 10.7. The molecule has 0 fully saturated rings. The minimum Gasteiger partial charge on any atom is -0.0616 e. The quantitative estimate of drug-likeness (QED) is 0.151. The molecule has 0 unspecified atom stereocenters. The Kier molecular flexibility index (Phi) is 5.37. The maximum Gasteiger partial charge on any atom is 0.0327 e. The second-order valence-electron chi connectivity index (χ2n) is 9.53. The second-order valence-corrected chi connectivity index (χ2v) is 9.53. The van der Waals surface area contributed by atoms with Crippen molar-refractivity contribution in [1.29, 1.82) is 0 Å². The first kappa shape index (κ1) is 21.9. The highest BCUT2D eigenvalue weighted by Gasteiger charge is 2.03. The average Bonchev–Trinajstić information content (AvgIpc) is 2.97. The van der Waals surface area contributed by atoms with E-state index in [9.17, 15) is 0 Å². The third kappa shape index (κ3) is 4.16. The Balaban J connectivity index is 1.19. The molecular weight excluding hydrogens is 456 g/mol. The molecule has 0 saturated heterocycles. The molecule has 0 radical (unpaired) electrons. The van der Waals surface area contributed by atoms with Gasteiger partial charge in [0.2, 0.25) is 0 Å². The largest absolute Gasteiger partial charge is 0.0616 e. The highest BCUT2D eigenvalue weighted by Crippen LogP contribution is 2.26. The van der Waals surface area contributed by atoms with E-state index < -0.39 is 0 Å². The van der Waals surface area contributed by atoms with E-state index in [1.54, 1.807) is 0 Å². The summed E-state index contributed by atoms with van der Waals surface area (Å²) >= 11 is 0. The number of rotatable bonds is 0. The van der Waals surface area contributed by atoms with Gasteiger partial charge in [0.05, 0.1) is 0 Å². The van der Waals surface area contributed by atoms with Crippen LogP contribution in [0.5, 0.6) is 0 Å². The molecule has 174 valence electrons. The first-order valence-corrected chi connectivity index (χ1v) is 12.8. The Bertz CT molecular complexity index is 1970. The lowest BCUT2D eigenvalue weighted by atomic mass is 9.99. The Hall–Kier alpha value is -5.30. The van der Waals surface area contributed by atoms with Crippen molar-refractivity contribution in [1.82, 2.24) is 0 Å². The van der Waals surface area contributed by atoms with Crippen LogP contribution in [-0.4, -0.2) is 0 Å². The number of hydrogen-bond donors (Lipinski definition) is 0. The van der Waals surface area contributed by atoms with Crippen molar-refractivity contribution < 1.29 is 0 Å². The van der Waals surface area contributed by atoms with Crippen molar-refractivity contribution in [2.45, 2.75) is 0 Å². The molecule has 0 nitrogen and oxygen atoms in total. The van der Waals surface area contributed by atoms with E-state index >= 15 is 0 Å². The number of hydrogen-bond acceptors (Lipinski definition) is 0. The fourth-order valence-corrected chi connectivity index (χ4v) is 5.07. The van der Waals surface area contributed by atoms with E-state index in [-0.39, 0.29) is 0 Å². The number of fused-ring (bicyclic) bond motifs is 4. The second kappa shape index (κ2) is 9.29. The van der Waals surface area contributed by atoms with Gasteiger partial charge < -0.3 is 0 Å². The van der Waals surface area contributed by atoms with E-state index in [1.165, 1.54) is 43.1 Å². The first-order chi connectivity index (χ1) is 18.8. The Morgan fingerprint density at radius 3 is 1.08 bits per heavy atom. The van der Waals surface area contributed by atoms with Crippen molar-refractivity contribution in [3.63, 3.8) is 0 Å². The van der Waals surface area contributed by atoms with Crippen LogP contribution < -0.4 is 0 Å². The highest BCUT2D eigenvalue weighted by atomic mass is 14.1. The third-order valence-electron chi connectivity index (χ3n) is 7.06. The van der Waals surface area contributed by atoms with Gasteiger partial charge in [0, 0.05) is 22.3 Å². The van der Waals surface area contributed by atoms with Crippen molar-refractivity contribution >= 4 is 43.1 Å². The molecule has 0 spiro atoms. The molecule has 0 aliphatic rings. The summed E-state index contributed by atoms with van der Waals surface area (Å²) in [5.41, 5.74) is 4.04. The summed E-state index contributed by atoms with van der Waals surface area (Å²) in [6.07, 6.45) is 0. The van der Waals surface area contributed by atoms with Crippen LogP contribution in [0.2, 0.25) is 0 Å². The molecule has 0 bridgehead atoms. The molecule has 0 aliphatic carbocycles.